The Balaban J connectivity index is 1.53. The average molecular weight is 309 g/mol. The highest BCUT2D eigenvalue weighted by Gasteiger charge is 2.54. The van der Waals surface area contributed by atoms with Crippen molar-refractivity contribution in [2.24, 2.45) is 23.2 Å². The van der Waals surface area contributed by atoms with Crippen molar-refractivity contribution >= 4 is 18.3 Å². The molecular formula is C20H23NO2. The first-order chi connectivity index (χ1) is 11.2. The van der Waals surface area contributed by atoms with E-state index in [0.717, 1.165) is 48.9 Å². The molecule has 3 nitrogen and oxygen atoms in total. The van der Waals surface area contributed by atoms with Gasteiger partial charge in [0.05, 0.1) is 11.1 Å². The predicted molar refractivity (Wildman–Crippen MR) is 89.2 cm³/mol. The molecule has 4 saturated carbocycles. The van der Waals surface area contributed by atoms with E-state index in [0.29, 0.717) is 5.70 Å². The molecule has 4 fully saturated rings. The number of rotatable bonds is 4. The Morgan fingerprint density at radius 3 is 2.09 bits per heavy atom. The van der Waals surface area contributed by atoms with Gasteiger partial charge in [-0.1, -0.05) is 30.3 Å². The fraction of sp³-hybridized carbons (Fsp3) is 0.500. The minimum Gasteiger partial charge on any atom is -0.323 e. The van der Waals surface area contributed by atoms with E-state index in [1.165, 1.54) is 19.3 Å². The van der Waals surface area contributed by atoms with Gasteiger partial charge in [-0.25, -0.2) is 0 Å². The zero-order chi connectivity index (χ0) is 15.9. The van der Waals surface area contributed by atoms with E-state index < -0.39 is 0 Å². The van der Waals surface area contributed by atoms with Crippen LogP contribution in [0, 0.1) is 23.2 Å². The minimum atomic E-state index is -0.215. The van der Waals surface area contributed by atoms with E-state index >= 15 is 0 Å². The van der Waals surface area contributed by atoms with Gasteiger partial charge < -0.3 is 5.32 Å². The number of carbonyl (C=O) groups is 2. The first-order valence-corrected chi connectivity index (χ1v) is 8.70. The van der Waals surface area contributed by atoms with Crippen molar-refractivity contribution in [3.8, 4) is 0 Å². The van der Waals surface area contributed by atoms with Crippen molar-refractivity contribution in [2.45, 2.75) is 38.5 Å². The summed E-state index contributed by atoms with van der Waals surface area (Å²) in [5.74, 6) is 2.25. The Hall–Kier alpha value is -1.90. The Morgan fingerprint density at radius 1 is 1.00 bits per heavy atom. The molecule has 0 aromatic heterocycles. The Morgan fingerprint density at radius 2 is 1.57 bits per heavy atom. The molecule has 3 heteroatoms. The maximum Gasteiger partial charge on any atom is 0.230 e. The Bertz CT molecular complexity index is 612. The maximum atomic E-state index is 12.9. The predicted octanol–water partition coefficient (Wildman–Crippen LogP) is 3.56. The van der Waals surface area contributed by atoms with Crippen LogP contribution in [-0.2, 0) is 9.59 Å². The van der Waals surface area contributed by atoms with Gasteiger partial charge in [-0.3, -0.25) is 9.59 Å². The molecular weight excluding hydrogens is 286 g/mol. The summed E-state index contributed by atoms with van der Waals surface area (Å²) in [5, 5.41) is 2.93. The van der Waals surface area contributed by atoms with E-state index in [1.807, 2.05) is 30.3 Å². The summed E-state index contributed by atoms with van der Waals surface area (Å²) in [6, 6.07) is 9.65. The van der Waals surface area contributed by atoms with Crippen molar-refractivity contribution < 1.29 is 9.59 Å². The molecule has 120 valence electrons. The molecule has 0 spiro atoms. The van der Waals surface area contributed by atoms with E-state index in [-0.39, 0.29) is 11.3 Å². The third-order valence-corrected chi connectivity index (χ3v) is 6.03. The van der Waals surface area contributed by atoms with Crippen LogP contribution in [0.4, 0.5) is 0 Å². The number of hydrogen-bond donors (Lipinski definition) is 1. The van der Waals surface area contributed by atoms with Gasteiger partial charge in [0, 0.05) is 0 Å². The van der Waals surface area contributed by atoms with Crippen molar-refractivity contribution in [1.82, 2.24) is 5.32 Å². The van der Waals surface area contributed by atoms with Crippen LogP contribution >= 0.6 is 0 Å². The first kappa shape index (κ1) is 14.7. The molecule has 1 N–H and O–H groups in total. The summed E-state index contributed by atoms with van der Waals surface area (Å²) in [6.45, 7) is 0. The Kier molecular flexibility index (Phi) is 3.59. The lowest BCUT2D eigenvalue weighted by molar-refractivity contribution is -0.145. The molecule has 0 radical (unpaired) electrons. The fourth-order valence-corrected chi connectivity index (χ4v) is 5.48. The lowest BCUT2D eigenvalue weighted by Gasteiger charge is -2.55. The van der Waals surface area contributed by atoms with Crippen molar-refractivity contribution in [1.29, 1.82) is 0 Å². The molecule has 1 amide bonds. The highest BCUT2D eigenvalue weighted by Crippen LogP contribution is 2.60. The second kappa shape index (κ2) is 5.63. The lowest BCUT2D eigenvalue weighted by atomic mass is 9.49. The molecule has 0 aliphatic heterocycles. The van der Waals surface area contributed by atoms with Gasteiger partial charge in [0.1, 0.15) is 0 Å². The molecule has 0 heterocycles. The van der Waals surface area contributed by atoms with Crippen molar-refractivity contribution in [2.75, 3.05) is 0 Å². The zero-order valence-corrected chi connectivity index (χ0v) is 13.3. The van der Waals surface area contributed by atoms with Crippen LogP contribution < -0.4 is 5.32 Å². The summed E-state index contributed by atoms with van der Waals surface area (Å²) in [5.41, 5.74) is 1.09. The summed E-state index contributed by atoms with van der Waals surface area (Å²) in [4.78, 5) is 24.3. The van der Waals surface area contributed by atoms with E-state index in [1.54, 1.807) is 6.08 Å². The highest BCUT2D eigenvalue weighted by atomic mass is 16.2. The van der Waals surface area contributed by atoms with E-state index in [9.17, 15) is 9.59 Å². The monoisotopic (exact) mass is 309 g/mol. The van der Waals surface area contributed by atoms with Crippen LogP contribution in [0.5, 0.6) is 0 Å². The summed E-state index contributed by atoms with van der Waals surface area (Å²) in [7, 11) is 0. The van der Waals surface area contributed by atoms with Gasteiger partial charge in [-0.05, 0) is 67.9 Å². The van der Waals surface area contributed by atoms with Crippen LogP contribution in [0.1, 0.15) is 44.1 Å². The molecule has 0 unspecified atom stereocenters. The van der Waals surface area contributed by atoms with E-state index in [2.05, 4.69) is 5.32 Å². The van der Waals surface area contributed by atoms with Crippen LogP contribution in [0.2, 0.25) is 0 Å². The minimum absolute atomic E-state index is 0.0749. The fourth-order valence-electron chi connectivity index (χ4n) is 5.48. The van der Waals surface area contributed by atoms with E-state index in [4.69, 9.17) is 0 Å². The zero-order valence-electron chi connectivity index (χ0n) is 13.3. The quantitative estimate of drug-likeness (QED) is 0.683. The number of carbonyl (C=O) groups excluding carboxylic acids is 2. The molecule has 5 rings (SSSR count). The normalized spacial score (nSPS) is 35.1. The smallest absolute Gasteiger partial charge is 0.230 e. The van der Waals surface area contributed by atoms with Crippen LogP contribution in [0.15, 0.2) is 36.0 Å². The SMILES string of the molecule is O=C/C(=C\c1ccccc1)NC(=O)C12CC3CC(CC(C3)C1)C2. The summed E-state index contributed by atoms with van der Waals surface area (Å²) < 4.78 is 0. The average Bonchev–Trinajstić information content (AvgIpc) is 2.54. The molecule has 4 aliphatic rings. The van der Waals surface area contributed by atoms with Crippen molar-refractivity contribution in [3.63, 3.8) is 0 Å². The molecule has 4 bridgehead atoms. The number of hydrogen-bond acceptors (Lipinski definition) is 2. The molecule has 0 atom stereocenters. The third kappa shape index (κ3) is 2.73. The van der Waals surface area contributed by atoms with Crippen LogP contribution in [-0.4, -0.2) is 12.2 Å². The number of amides is 1. The highest BCUT2D eigenvalue weighted by molar-refractivity contribution is 5.92. The molecule has 4 aliphatic carbocycles. The maximum absolute atomic E-state index is 12.9. The van der Waals surface area contributed by atoms with Gasteiger partial charge in [0.15, 0.2) is 6.29 Å². The Labute approximate surface area is 137 Å². The van der Waals surface area contributed by atoms with Gasteiger partial charge in [0.2, 0.25) is 5.91 Å². The molecule has 1 aromatic carbocycles. The topological polar surface area (TPSA) is 46.2 Å². The largest absolute Gasteiger partial charge is 0.323 e. The summed E-state index contributed by atoms with van der Waals surface area (Å²) in [6.07, 6.45) is 9.50. The van der Waals surface area contributed by atoms with Crippen LogP contribution in [0.25, 0.3) is 6.08 Å². The van der Waals surface area contributed by atoms with Crippen molar-refractivity contribution in [3.05, 3.63) is 41.6 Å². The second-order valence-corrected chi connectivity index (χ2v) is 7.78. The second-order valence-electron chi connectivity index (χ2n) is 7.78. The lowest BCUT2D eigenvalue weighted by Crippen LogP contribution is -2.53. The number of nitrogens with one attached hydrogen (secondary N) is 1. The number of benzene rings is 1. The summed E-state index contributed by atoms with van der Waals surface area (Å²) >= 11 is 0. The first-order valence-electron chi connectivity index (χ1n) is 8.70. The number of allylic oxidation sites excluding steroid dienone is 1. The standard InChI is InChI=1S/C20H23NO2/c22-13-18(9-14-4-2-1-3-5-14)21-19(23)20-10-15-6-16(11-20)8-17(7-15)12-20/h1-5,9,13,15-17H,6-8,10-12H2,(H,21,23)/b18-9+. The van der Waals surface area contributed by atoms with Gasteiger partial charge >= 0.3 is 0 Å². The van der Waals surface area contributed by atoms with Gasteiger partial charge in [0.25, 0.3) is 0 Å². The van der Waals surface area contributed by atoms with Crippen LogP contribution in [0.3, 0.4) is 0 Å². The van der Waals surface area contributed by atoms with Gasteiger partial charge in [-0.15, -0.1) is 0 Å². The molecule has 23 heavy (non-hydrogen) atoms. The third-order valence-electron chi connectivity index (χ3n) is 6.03. The van der Waals surface area contributed by atoms with Gasteiger partial charge in [-0.2, -0.15) is 0 Å². The molecule has 1 aromatic rings. The molecule has 0 saturated heterocycles. The number of aldehydes is 1.